The molecule has 1 aliphatic rings. The van der Waals surface area contributed by atoms with Gasteiger partial charge < -0.3 is 14.6 Å². The molecule has 0 saturated carbocycles. The molecule has 1 N–H and O–H groups in total. The van der Waals surface area contributed by atoms with Gasteiger partial charge in [-0.2, -0.15) is 4.31 Å². The SMILES string of the molecule is CC(C)c1cc(OCCO)cc2c1C(=O)N(COC(=O)c1c(Cl)cccc1Cl)S2(=O)=O. The van der Waals surface area contributed by atoms with Crippen LogP contribution in [0.15, 0.2) is 35.2 Å². The largest absolute Gasteiger partial charge is 0.491 e. The van der Waals surface area contributed by atoms with Crippen molar-refractivity contribution in [1.29, 1.82) is 0 Å². The molecule has 31 heavy (non-hydrogen) atoms. The summed E-state index contributed by atoms with van der Waals surface area (Å²) >= 11 is 12.0. The van der Waals surface area contributed by atoms with Gasteiger partial charge in [-0.15, -0.1) is 0 Å². The van der Waals surface area contributed by atoms with Crippen LogP contribution in [0.3, 0.4) is 0 Å². The van der Waals surface area contributed by atoms with Crippen molar-refractivity contribution in [1.82, 2.24) is 4.31 Å². The fraction of sp³-hybridized carbons (Fsp3) is 0.300. The summed E-state index contributed by atoms with van der Waals surface area (Å²) in [4.78, 5) is 25.1. The molecule has 3 rings (SSSR count). The van der Waals surface area contributed by atoms with Gasteiger partial charge in [0.15, 0.2) is 6.73 Å². The number of benzene rings is 2. The number of esters is 1. The Kier molecular flexibility index (Phi) is 6.80. The van der Waals surface area contributed by atoms with Crippen LogP contribution >= 0.6 is 23.2 Å². The molecule has 8 nitrogen and oxygen atoms in total. The molecule has 0 bridgehead atoms. The predicted molar refractivity (Wildman–Crippen MR) is 113 cm³/mol. The van der Waals surface area contributed by atoms with Crippen molar-refractivity contribution in [3.8, 4) is 5.75 Å². The van der Waals surface area contributed by atoms with Crippen molar-refractivity contribution >= 4 is 45.1 Å². The molecule has 166 valence electrons. The Morgan fingerprint density at radius 1 is 1.19 bits per heavy atom. The van der Waals surface area contributed by atoms with E-state index in [0.717, 1.165) is 0 Å². The second-order valence-corrected chi connectivity index (χ2v) is 9.57. The Morgan fingerprint density at radius 3 is 2.42 bits per heavy atom. The van der Waals surface area contributed by atoms with Gasteiger partial charge in [0.2, 0.25) is 0 Å². The number of hydrogen-bond donors (Lipinski definition) is 1. The van der Waals surface area contributed by atoms with E-state index in [1.165, 1.54) is 24.3 Å². The first-order chi connectivity index (χ1) is 14.6. The smallest absolute Gasteiger partial charge is 0.342 e. The minimum atomic E-state index is -4.30. The van der Waals surface area contributed by atoms with E-state index in [9.17, 15) is 18.0 Å². The van der Waals surface area contributed by atoms with Crippen LogP contribution in [-0.4, -0.2) is 49.7 Å². The van der Waals surface area contributed by atoms with Gasteiger partial charge in [0.25, 0.3) is 15.9 Å². The molecule has 0 unspecified atom stereocenters. The third kappa shape index (κ3) is 4.36. The number of carbonyl (C=O) groups excluding carboxylic acids is 2. The first kappa shape index (κ1) is 23.3. The standard InChI is InChI=1S/C20H19Cl2NO7S/c1-11(2)13-8-12(29-7-6-24)9-16-17(13)19(25)23(31(16,27)28)10-30-20(26)18-14(21)4-3-5-15(18)22/h3-5,8-9,11,24H,6-7,10H2,1-2H3. The molecule has 1 aliphatic heterocycles. The number of aliphatic hydroxyl groups excluding tert-OH is 1. The lowest BCUT2D eigenvalue weighted by Gasteiger charge is -2.16. The maximum Gasteiger partial charge on any atom is 0.342 e. The molecule has 0 aliphatic carbocycles. The van der Waals surface area contributed by atoms with Crippen molar-refractivity contribution in [3.63, 3.8) is 0 Å². The third-order valence-corrected chi connectivity index (χ3v) is 6.94. The minimum Gasteiger partial charge on any atom is -0.491 e. The number of rotatable bonds is 7. The minimum absolute atomic E-state index is 0.00169. The summed E-state index contributed by atoms with van der Waals surface area (Å²) < 4.78 is 37.0. The van der Waals surface area contributed by atoms with Crippen molar-refractivity contribution in [3.05, 3.63) is 57.1 Å². The van der Waals surface area contributed by atoms with Crippen molar-refractivity contribution in [2.24, 2.45) is 0 Å². The highest BCUT2D eigenvalue weighted by Gasteiger charge is 2.44. The number of sulfonamides is 1. The molecule has 0 saturated heterocycles. The molecule has 1 heterocycles. The van der Waals surface area contributed by atoms with Gasteiger partial charge in [-0.05, 0) is 29.7 Å². The Balaban J connectivity index is 1.94. The van der Waals surface area contributed by atoms with E-state index in [-0.39, 0.29) is 50.9 Å². The number of ether oxygens (including phenoxy) is 2. The fourth-order valence-electron chi connectivity index (χ4n) is 3.11. The molecule has 0 atom stereocenters. The quantitative estimate of drug-likeness (QED) is 0.595. The number of aliphatic hydroxyl groups is 1. The summed E-state index contributed by atoms with van der Waals surface area (Å²) in [6, 6.07) is 7.18. The molecule has 0 spiro atoms. The Labute approximate surface area is 189 Å². The molecule has 2 aromatic carbocycles. The van der Waals surface area contributed by atoms with Crippen LogP contribution in [-0.2, 0) is 14.8 Å². The topological polar surface area (TPSA) is 110 Å². The lowest BCUT2D eigenvalue weighted by Crippen LogP contribution is -2.33. The number of halogens is 2. The number of amides is 1. The van der Waals surface area contributed by atoms with Crippen molar-refractivity contribution in [2.45, 2.75) is 24.7 Å². The van der Waals surface area contributed by atoms with E-state index >= 15 is 0 Å². The molecular formula is C20H19Cl2NO7S. The molecule has 1 amide bonds. The fourth-order valence-corrected chi connectivity index (χ4v) is 5.13. The second kappa shape index (κ2) is 9.04. The zero-order chi connectivity index (χ0) is 22.9. The van der Waals surface area contributed by atoms with Crippen molar-refractivity contribution in [2.75, 3.05) is 19.9 Å². The van der Waals surface area contributed by atoms with Crippen LogP contribution < -0.4 is 4.74 Å². The first-order valence-corrected chi connectivity index (χ1v) is 11.4. The third-order valence-electron chi connectivity index (χ3n) is 4.58. The van der Waals surface area contributed by atoms with Gasteiger partial charge in [0, 0.05) is 6.07 Å². The molecule has 0 radical (unpaired) electrons. The lowest BCUT2D eigenvalue weighted by atomic mass is 9.96. The van der Waals surface area contributed by atoms with Gasteiger partial charge in [0.1, 0.15) is 17.3 Å². The van der Waals surface area contributed by atoms with Gasteiger partial charge in [-0.1, -0.05) is 43.1 Å². The highest BCUT2D eigenvalue weighted by atomic mass is 35.5. The number of fused-ring (bicyclic) bond motifs is 1. The number of nitrogens with zero attached hydrogens (tertiary/aromatic N) is 1. The Bertz CT molecular complexity index is 1130. The average Bonchev–Trinajstić information content (AvgIpc) is 2.89. The highest BCUT2D eigenvalue weighted by Crippen LogP contribution is 2.38. The monoisotopic (exact) mass is 487 g/mol. The van der Waals surface area contributed by atoms with Gasteiger partial charge >= 0.3 is 5.97 Å². The molecule has 0 fully saturated rings. The number of carbonyl (C=O) groups is 2. The van der Waals surface area contributed by atoms with Crippen LogP contribution in [0.4, 0.5) is 0 Å². The maximum atomic E-state index is 13.0. The van der Waals surface area contributed by atoms with Crippen LogP contribution in [0.1, 0.15) is 46.0 Å². The van der Waals surface area contributed by atoms with Crippen LogP contribution in [0.25, 0.3) is 0 Å². The van der Waals surface area contributed by atoms with Gasteiger partial charge in [-0.25, -0.2) is 13.2 Å². The van der Waals surface area contributed by atoms with Crippen LogP contribution in [0.2, 0.25) is 10.0 Å². The van der Waals surface area contributed by atoms with E-state index in [2.05, 4.69) is 0 Å². The van der Waals surface area contributed by atoms with E-state index in [0.29, 0.717) is 9.87 Å². The highest BCUT2D eigenvalue weighted by molar-refractivity contribution is 7.90. The van der Waals surface area contributed by atoms with E-state index in [1.54, 1.807) is 19.9 Å². The Morgan fingerprint density at radius 2 is 1.84 bits per heavy atom. The van der Waals surface area contributed by atoms with Crippen LogP contribution in [0.5, 0.6) is 5.75 Å². The lowest BCUT2D eigenvalue weighted by molar-refractivity contribution is 0.0358. The average molecular weight is 488 g/mol. The zero-order valence-electron chi connectivity index (χ0n) is 16.6. The summed E-state index contributed by atoms with van der Waals surface area (Å²) in [5.74, 6) is -1.78. The van der Waals surface area contributed by atoms with E-state index in [1.807, 2.05) is 0 Å². The van der Waals surface area contributed by atoms with E-state index < -0.39 is 28.6 Å². The summed E-state index contributed by atoms with van der Waals surface area (Å²) in [7, 11) is -4.30. The zero-order valence-corrected chi connectivity index (χ0v) is 18.9. The normalized spacial score (nSPS) is 14.6. The molecule has 11 heteroatoms. The first-order valence-electron chi connectivity index (χ1n) is 9.19. The maximum absolute atomic E-state index is 13.0. The summed E-state index contributed by atoms with van der Waals surface area (Å²) in [6.07, 6.45) is 0. The number of hydrogen-bond acceptors (Lipinski definition) is 7. The van der Waals surface area contributed by atoms with E-state index in [4.69, 9.17) is 37.8 Å². The Hall–Kier alpha value is -2.33. The molecule has 0 aromatic heterocycles. The molecular weight excluding hydrogens is 469 g/mol. The second-order valence-electron chi connectivity index (χ2n) is 6.93. The summed E-state index contributed by atoms with van der Waals surface area (Å²) in [5.41, 5.74) is 0.329. The van der Waals surface area contributed by atoms with Crippen molar-refractivity contribution < 1.29 is 32.6 Å². The van der Waals surface area contributed by atoms with Crippen LogP contribution in [0, 0.1) is 0 Å². The van der Waals surface area contributed by atoms with Gasteiger partial charge in [-0.3, -0.25) is 4.79 Å². The van der Waals surface area contributed by atoms with Gasteiger partial charge in [0.05, 0.1) is 27.8 Å². The summed E-state index contributed by atoms with van der Waals surface area (Å²) in [5, 5.41) is 9.03. The molecule has 2 aromatic rings. The predicted octanol–water partition coefficient (Wildman–Crippen LogP) is 3.45. The summed E-state index contributed by atoms with van der Waals surface area (Å²) in [6.45, 7) is 2.46.